The quantitative estimate of drug-likeness (QED) is 0.752. The van der Waals surface area contributed by atoms with Crippen molar-refractivity contribution in [2.75, 3.05) is 25.7 Å². The third-order valence-corrected chi connectivity index (χ3v) is 3.85. The Kier molecular flexibility index (Phi) is 4.63. The van der Waals surface area contributed by atoms with E-state index in [1.165, 1.54) is 14.2 Å². The molecule has 1 saturated carbocycles. The Morgan fingerprint density at radius 3 is 2.43 bits per heavy atom. The maximum Gasteiger partial charge on any atom is 0.332 e. The van der Waals surface area contributed by atoms with Crippen molar-refractivity contribution in [1.82, 2.24) is 0 Å². The molecule has 0 N–H and O–H groups in total. The van der Waals surface area contributed by atoms with Crippen molar-refractivity contribution in [3.63, 3.8) is 0 Å². The van der Waals surface area contributed by atoms with Crippen molar-refractivity contribution in [2.24, 2.45) is 0 Å². The molecule has 1 fully saturated rings. The molecule has 0 aromatic heterocycles. The fourth-order valence-electron chi connectivity index (χ4n) is 2.65. The highest BCUT2D eigenvalue weighted by Crippen LogP contribution is 2.46. The van der Waals surface area contributed by atoms with Gasteiger partial charge in [0.2, 0.25) is 0 Å². The molecule has 2 rings (SSSR count). The second-order valence-corrected chi connectivity index (χ2v) is 5.17. The average molecular weight is 291 g/mol. The molecule has 0 spiro atoms. The van der Waals surface area contributed by atoms with E-state index in [9.17, 15) is 9.59 Å². The highest BCUT2D eigenvalue weighted by molar-refractivity contribution is 6.04. The van der Waals surface area contributed by atoms with E-state index in [0.717, 1.165) is 17.7 Å². The Morgan fingerprint density at radius 2 is 1.90 bits per heavy atom. The second-order valence-electron chi connectivity index (χ2n) is 5.17. The fraction of sp³-hybridized carbons (Fsp3) is 0.500. The number of para-hydroxylation sites is 1. The maximum absolute atomic E-state index is 12.5. The maximum atomic E-state index is 12.5. The zero-order valence-corrected chi connectivity index (χ0v) is 12.7. The molecule has 1 aromatic carbocycles. The summed E-state index contributed by atoms with van der Waals surface area (Å²) in [5.41, 5.74) is 0.928. The smallest absolute Gasteiger partial charge is 0.332 e. The number of anilines is 1. The van der Waals surface area contributed by atoms with Crippen LogP contribution >= 0.6 is 0 Å². The number of ether oxygens (including phenoxy) is 2. The van der Waals surface area contributed by atoms with Crippen LogP contribution in [0.15, 0.2) is 24.3 Å². The first-order valence-electron chi connectivity index (χ1n) is 7.09. The number of esters is 1. The minimum absolute atomic E-state index is 0.0587. The molecular weight excluding hydrogens is 270 g/mol. The number of carbonyl (C=O) groups is 2. The van der Waals surface area contributed by atoms with Gasteiger partial charge in [0.1, 0.15) is 12.1 Å². The van der Waals surface area contributed by atoms with Crippen LogP contribution in [0.4, 0.5) is 5.69 Å². The lowest BCUT2D eigenvalue weighted by Gasteiger charge is -2.31. The summed E-state index contributed by atoms with van der Waals surface area (Å²) in [5, 5.41) is 0. The van der Waals surface area contributed by atoms with E-state index in [4.69, 9.17) is 9.47 Å². The third kappa shape index (κ3) is 2.78. The van der Waals surface area contributed by atoms with Gasteiger partial charge in [-0.25, -0.2) is 4.79 Å². The van der Waals surface area contributed by atoms with Gasteiger partial charge in [-0.05, 0) is 30.9 Å². The lowest BCUT2D eigenvalue weighted by Crippen LogP contribution is -2.50. The van der Waals surface area contributed by atoms with Crippen molar-refractivity contribution < 1.29 is 19.1 Å². The van der Waals surface area contributed by atoms with Crippen molar-refractivity contribution in [1.29, 1.82) is 0 Å². The van der Waals surface area contributed by atoms with E-state index in [0.29, 0.717) is 12.8 Å². The first-order valence-corrected chi connectivity index (χ1v) is 7.09. The van der Waals surface area contributed by atoms with Gasteiger partial charge >= 0.3 is 5.97 Å². The zero-order chi connectivity index (χ0) is 15.5. The van der Waals surface area contributed by atoms with Crippen LogP contribution in [-0.2, 0) is 25.5 Å². The average Bonchev–Trinajstić information content (AvgIpc) is 3.29. The van der Waals surface area contributed by atoms with E-state index in [1.807, 2.05) is 31.2 Å². The number of benzene rings is 1. The van der Waals surface area contributed by atoms with Crippen LogP contribution in [0.3, 0.4) is 0 Å². The van der Waals surface area contributed by atoms with Crippen LogP contribution in [-0.4, -0.2) is 38.2 Å². The molecular formula is C16H21NO4. The van der Waals surface area contributed by atoms with Gasteiger partial charge in [0.25, 0.3) is 5.91 Å². The first-order chi connectivity index (χ1) is 10.1. The number of methoxy groups -OCH3 is 2. The molecule has 21 heavy (non-hydrogen) atoms. The summed E-state index contributed by atoms with van der Waals surface area (Å²) in [7, 11) is 2.83. The van der Waals surface area contributed by atoms with Crippen molar-refractivity contribution in [3.8, 4) is 0 Å². The largest absolute Gasteiger partial charge is 0.467 e. The molecule has 0 radical (unpaired) electrons. The van der Waals surface area contributed by atoms with Gasteiger partial charge in [-0.3, -0.25) is 9.69 Å². The summed E-state index contributed by atoms with van der Waals surface area (Å²) in [6.07, 6.45) is 2.02. The fourth-order valence-corrected chi connectivity index (χ4v) is 2.65. The van der Waals surface area contributed by atoms with Crippen LogP contribution in [0.2, 0.25) is 0 Å². The Labute approximate surface area is 124 Å². The summed E-state index contributed by atoms with van der Waals surface area (Å²) in [6.45, 7) is 1.96. The molecule has 0 heterocycles. The van der Waals surface area contributed by atoms with Gasteiger partial charge < -0.3 is 9.47 Å². The standard InChI is InChI=1S/C16H21NO4/c1-4-12-7-5-6-8-13(12)17(14(18)11-20-2)16(9-10-16)15(19)21-3/h5-8H,4,9-11H2,1-3H3. The predicted molar refractivity (Wildman–Crippen MR) is 79.2 cm³/mol. The van der Waals surface area contributed by atoms with Gasteiger partial charge in [-0.15, -0.1) is 0 Å². The van der Waals surface area contributed by atoms with E-state index in [1.54, 1.807) is 4.90 Å². The number of aryl methyl sites for hydroxylation is 1. The molecule has 5 nitrogen and oxygen atoms in total. The van der Waals surface area contributed by atoms with Crippen molar-refractivity contribution in [3.05, 3.63) is 29.8 Å². The third-order valence-electron chi connectivity index (χ3n) is 3.85. The van der Waals surface area contributed by atoms with E-state index in [-0.39, 0.29) is 18.5 Å². The zero-order valence-electron chi connectivity index (χ0n) is 12.7. The monoisotopic (exact) mass is 291 g/mol. The van der Waals surface area contributed by atoms with Gasteiger partial charge in [-0.2, -0.15) is 0 Å². The number of hydrogen-bond acceptors (Lipinski definition) is 4. The lowest BCUT2D eigenvalue weighted by molar-refractivity contribution is -0.145. The lowest BCUT2D eigenvalue weighted by atomic mass is 10.1. The van der Waals surface area contributed by atoms with Gasteiger partial charge in [0.05, 0.1) is 7.11 Å². The minimum Gasteiger partial charge on any atom is -0.467 e. The van der Waals surface area contributed by atoms with Crippen LogP contribution in [0.1, 0.15) is 25.3 Å². The van der Waals surface area contributed by atoms with Crippen LogP contribution in [0, 0.1) is 0 Å². The topological polar surface area (TPSA) is 55.8 Å². The molecule has 5 heteroatoms. The molecule has 1 aromatic rings. The van der Waals surface area contributed by atoms with Gasteiger partial charge in [-0.1, -0.05) is 25.1 Å². The second kappa shape index (κ2) is 6.26. The van der Waals surface area contributed by atoms with Crippen LogP contribution in [0.5, 0.6) is 0 Å². The molecule has 0 aliphatic heterocycles. The molecule has 0 saturated heterocycles. The Morgan fingerprint density at radius 1 is 1.24 bits per heavy atom. The summed E-state index contributed by atoms with van der Waals surface area (Å²) in [6, 6.07) is 7.64. The Hall–Kier alpha value is -1.88. The molecule has 1 aliphatic carbocycles. The number of hydrogen-bond donors (Lipinski definition) is 0. The highest BCUT2D eigenvalue weighted by Gasteiger charge is 2.58. The molecule has 1 amide bonds. The van der Waals surface area contributed by atoms with Gasteiger partial charge in [0, 0.05) is 12.8 Å². The molecule has 0 atom stereocenters. The molecule has 0 unspecified atom stereocenters. The highest BCUT2D eigenvalue weighted by atomic mass is 16.5. The normalized spacial score (nSPS) is 15.4. The number of amides is 1. The first kappa shape index (κ1) is 15.5. The number of carbonyl (C=O) groups excluding carboxylic acids is 2. The SMILES string of the molecule is CCc1ccccc1N(C(=O)COC)C1(C(=O)OC)CC1. The predicted octanol–water partition coefficient (Wildman–Crippen LogP) is 1.93. The minimum atomic E-state index is -0.865. The summed E-state index contributed by atoms with van der Waals surface area (Å²) >= 11 is 0. The van der Waals surface area contributed by atoms with E-state index >= 15 is 0 Å². The van der Waals surface area contributed by atoms with E-state index in [2.05, 4.69) is 0 Å². The number of nitrogens with zero attached hydrogens (tertiary/aromatic N) is 1. The molecule has 114 valence electrons. The van der Waals surface area contributed by atoms with Crippen LogP contribution in [0.25, 0.3) is 0 Å². The number of rotatable bonds is 6. The van der Waals surface area contributed by atoms with E-state index < -0.39 is 5.54 Å². The van der Waals surface area contributed by atoms with Gasteiger partial charge in [0.15, 0.2) is 0 Å². The van der Waals surface area contributed by atoms with Crippen molar-refractivity contribution >= 4 is 17.6 Å². The molecule has 1 aliphatic rings. The summed E-state index contributed by atoms with van der Waals surface area (Å²) in [5.74, 6) is -0.584. The van der Waals surface area contributed by atoms with Crippen molar-refractivity contribution in [2.45, 2.75) is 31.7 Å². The molecule has 0 bridgehead atoms. The Balaban J connectivity index is 2.47. The Bertz CT molecular complexity index is 537. The van der Waals surface area contributed by atoms with Crippen LogP contribution < -0.4 is 4.90 Å². The summed E-state index contributed by atoms with van der Waals surface area (Å²) in [4.78, 5) is 26.2. The summed E-state index contributed by atoms with van der Waals surface area (Å²) < 4.78 is 9.88.